The van der Waals surface area contributed by atoms with E-state index >= 15 is 0 Å². The van der Waals surface area contributed by atoms with Gasteiger partial charge in [0, 0.05) is 6.07 Å². The lowest BCUT2D eigenvalue weighted by molar-refractivity contribution is -0.124. The highest BCUT2D eigenvalue weighted by Crippen LogP contribution is 2.08. The molecule has 134 valence electrons. The van der Waals surface area contributed by atoms with E-state index in [0.717, 1.165) is 11.8 Å². The van der Waals surface area contributed by atoms with E-state index in [1.165, 1.54) is 6.26 Å². The summed E-state index contributed by atoms with van der Waals surface area (Å²) in [4.78, 5) is 34.9. The number of nitrogens with zero attached hydrogens (tertiary/aromatic N) is 1. The fourth-order valence-electron chi connectivity index (χ4n) is 1.73. The molecule has 0 fully saturated rings. The van der Waals surface area contributed by atoms with Crippen molar-refractivity contribution in [1.29, 1.82) is 0 Å². The Balaban J connectivity index is 1.54. The fraction of sp³-hybridized carbons (Fsp3) is 0.333. The second-order valence-electron chi connectivity index (χ2n) is 5.00. The molecular weight excluding hydrogens is 348 g/mol. The Labute approximate surface area is 147 Å². The highest BCUT2D eigenvalue weighted by atomic mass is 32.2. The van der Waals surface area contributed by atoms with Crippen molar-refractivity contribution in [3.8, 4) is 0 Å². The normalized spacial score (nSPS) is 10.3. The molecule has 3 N–H and O–H groups in total. The number of aromatic nitrogens is 1. The maximum Gasteiger partial charge on any atom is 0.239 e. The summed E-state index contributed by atoms with van der Waals surface area (Å²) in [5.74, 6) is 0.761. The minimum absolute atomic E-state index is 0.0662. The van der Waals surface area contributed by atoms with Crippen LogP contribution in [0.1, 0.15) is 11.5 Å². The number of carbonyl (C=O) groups is 3. The lowest BCUT2D eigenvalue weighted by Gasteiger charge is -2.06. The van der Waals surface area contributed by atoms with E-state index in [1.54, 1.807) is 25.1 Å². The summed E-state index contributed by atoms with van der Waals surface area (Å²) in [6.45, 7) is 1.84. The minimum atomic E-state index is -0.330. The average Bonchev–Trinajstić information content (AvgIpc) is 3.22. The van der Waals surface area contributed by atoms with Gasteiger partial charge in [-0.05, 0) is 19.1 Å². The molecule has 0 aromatic carbocycles. The van der Waals surface area contributed by atoms with Crippen molar-refractivity contribution in [2.45, 2.75) is 13.5 Å². The Morgan fingerprint density at radius 1 is 1.16 bits per heavy atom. The van der Waals surface area contributed by atoms with Gasteiger partial charge in [0.15, 0.2) is 5.82 Å². The van der Waals surface area contributed by atoms with Crippen LogP contribution in [0.15, 0.2) is 33.4 Å². The van der Waals surface area contributed by atoms with Gasteiger partial charge in [-0.15, -0.1) is 11.8 Å². The molecule has 2 aromatic heterocycles. The number of nitrogens with one attached hydrogen (secondary N) is 3. The average molecular weight is 366 g/mol. The molecule has 9 nitrogen and oxygen atoms in total. The van der Waals surface area contributed by atoms with Gasteiger partial charge in [-0.2, -0.15) is 0 Å². The van der Waals surface area contributed by atoms with E-state index in [-0.39, 0.29) is 42.3 Å². The number of amides is 3. The summed E-state index contributed by atoms with van der Waals surface area (Å²) >= 11 is 1.13. The van der Waals surface area contributed by atoms with Crippen molar-refractivity contribution in [3.05, 3.63) is 36.0 Å². The summed E-state index contributed by atoms with van der Waals surface area (Å²) in [5, 5.41) is 11.3. The molecule has 0 aliphatic carbocycles. The Bertz CT molecular complexity index is 713. The zero-order valence-corrected chi connectivity index (χ0v) is 14.4. The first-order valence-electron chi connectivity index (χ1n) is 7.39. The van der Waals surface area contributed by atoms with Gasteiger partial charge in [0.1, 0.15) is 11.5 Å². The molecule has 0 saturated carbocycles. The molecule has 25 heavy (non-hydrogen) atoms. The smallest absolute Gasteiger partial charge is 0.239 e. The van der Waals surface area contributed by atoms with Gasteiger partial charge in [-0.1, -0.05) is 5.16 Å². The summed E-state index contributed by atoms with van der Waals surface area (Å²) in [5.41, 5.74) is 0. The number of furan rings is 1. The molecule has 2 heterocycles. The summed E-state index contributed by atoms with van der Waals surface area (Å²) in [6, 6.07) is 5.05. The van der Waals surface area contributed by atoms with Gasteiger partial charge in [0.05, 0.1) is 30.9 Å². The number of anilines is 1. The van der Waals surface area contributed by atoms with Gasteiger partial charge >= 0.3 is 0 Å². The van der Waals surface area contributed by atoms with Gasteiger partial charge in [-0.25, -0.2) is 0 Å². The number of aryl methyl sites for hydroxylation is 1. The van der Waals surface area contributed by atoms with Crippen LogP contribution in [0.5, 0.6) is 0 Å². The summed E-state index contributed by atoms with van der Waals surface area (Å²) < 4.78 is 9.90. The van der Waals surface area contributed by atoms with Crippen LogP contribution in [-0.4, -0.2) is 40.9 Å². The van der Waals surface area contributed by atoms with Crippen LogP contribution in [0, 0.1) is 6.92 Å². The van der Waals surface area contributed by atoms with E-state index in [9.17, 15) is 14.4 Å². The molecule has 0 aliphatic rings. The maximum atomic E-state index is 11.6. The van der Waals surface area contributed by atoms with Crippen LogP contribution in [0.4, 0.5) is 5.82 Å². The maximum absolute atomic E-state index is 11.6. The lowest BCUT2D eigenvalue weighted by Crippen LogP contribution is -2.37. The number of rotatable bonds is 9. The number of carbonyl (C=O) groups excluding carboxylic acids is 3. The third kappa shape index (κ3) is 7.12. The van der Waals surface area contributed by atoms with Crippen LogP contribution in [-0.2, 0) is 20.9 Å². The van der Waals surface area contributed by atoms with Crippen molar-refractivity contribution < 1.29 is 23.3 Å². The van der Waals surface area contributed by atoms with Crippen molar-refractivity contribution in [2.24, 2.45) is 0 Å². The van der Waals surface area contributed by atoms with E-state index in [4.69, 9.17) is 8.94 Å². The molecule has 0 unspecified atom stereocenters. The standard InChI is InChI=1S/C15H18N4O5S/c1-10-5-12(19-24-10)18-15(22)9-25-8-14(21)17-7-13(20)16-6-11-3-2-4-23-11/h2-5H,6-9H2,1H3,(H,16,20)(H,17,21)(H,18,19,22). The Kier molecular flexibility index (Phi) is 7.08. The predicted octanol–water partition coefficient (Wildman–Crippen LogP) is 0.680. The largest absolute Gasteiger partial charge is 0.467 e. The summed E-state index contributed by atoms with van der Waals surface area (Å²) in [6.07, 6.45) is 1.51. The molecule has 0 aliphatic heterocycles. The minimum Gasteiger partial charge on any atom is -0.467 e. The molecular formula is C15H18N4O5S. The SMILES string of the molecule is Cc1cc(NC(=O)CSCC(=O)NCC(=O)NCc2ccco2)no1. The van der Waals surface area contributed by atoms with E-state index < -0.39 is 0 Å². The molecule has 0 radical (unpaired) electrons. The van der Waals surface area contributed by atoms with Crippen LogP contribution in [0.25, 0.3) is 0 Å². The Morgan fingerprint density at radius 2 is 1.96 bits per heavy atom. The van der Waals surface area contributed by atoms with Crippen LogP contribution >= 0.6 is 11.8 Å². The van der Waals surface area contributed by atoms with Crippen molar-refractivity contribution >= 4 is 35.3 Å². The fourth-order valence-corrected chi connectivity index (χ4v) is 2.38. The molecule has 10 heteroatoms. The first-order valence-corrected chi connectivity index (χ1v) is 8.55. The second-order valence-corrected chi connectivity index (χ2v) is 5.98. The van der Waals surface area contributed by atoms with Crippen LogP contribution in [0.2, 0.25) is 0 Å². The topological polar surface area (TPSA) is 126 Å². The molecule has 0 atom stereocenters. The third-order valence-electron chi connectivity index (χ3n) is 2.85. The third-order valence-corrected chi connectivity index (χ3v) is 3.78. The van der Waals surface area contributed by atoms with Crippen LogP contribution in [0.3, 0.4) is 0 Å². The summed E-state index contributed by atoms with van der Waals surface area (Å²) in [7, 11) is 0. The molecule has 3 amide bonds. The second kappa shape index (κ2) is 9.52. The van der Waals surface area contributed by atoms with E-state index in [2.05, 4.69) is 21.1 Å². The number of hydrogen-bond donors (Lipinski definition) is 3. The van der Waals surface area contributed by atoms with Crippen LogP contribution < -0.4 is 16.0 Å². The van der Waals surface area contributed by atoms with E-state index in [1.807, 2.05) is 0 Å². The van der Waals surface area contributed by atoms with Gasteiger partial charge in [0.2, 0.25) is 17.7 Å². The van der Waals surface area contributed by atoms with Gasteiger partial charge in [-0.3, -0.25) is 14.4 Å². The number of hydrogen-bond acceptors (Lipinski definition) is 7. The van der Waals surface area contributed by atoms with Crippen molar-refractivity contribution in [2.75, 3.05) is 23.4 Å². The van der Waals surface area contributed by atoms with E-state index in [0.29, 0.717) is 17.3 Å². The first kappa shape index (κ1) is 18.6. The Hall–Kier alpha value is -2.75. The van der Waals surface area contributed by atoms with Crippen molar-refractivity contribution in [3.63, 3.8) is 0 Å². The predicted molar refractivity (Wildman–Crippen MR) is 90.8 cm³/mol. The zero-order valence-electron chi connectivity index (χ0n) is 13.5. The highest BCUT2D eigenvalue weighted by Gasteiger charge is 2.09. The molecule has 2 rings (SSSR count). The molecule has 0 bridgehead atoms. The van der Waals surface area contributed by atoms with Gasteiger partial charge in [0.25, 0.3) is 0 Å². The van der Waals surface area contributed by atoms with Gasteiger partial charge < -0.3 is 24.9 Å². The quantitative estimate of drug-likeness (QED) is 0.595. The monoisotopic (exact) mass is 366 g/mol. The lowest BCUT2D eigenvalue weighted by atomic mass is 10.4. The molecule has 0 saturated heterocycles. The molecule has 0 spiro atoms. The molecule has 2 aromatic rings. The Morgan fingerprint density at radius 3 is 2.64 bits per heavy atom. The van der Waals surface area contributed by atoms with Crippen molar-refractivity contribution in [1.82, 2.24) is 15.8 Å². The number of thioether (sulfide) groups is 1. The highest BCUT2D eigenvalue weighted by molar-refractivity contribution is 8.00. The zero-order chi connectivity index (χ0) is 18.1. The first-order chi connectivity index (χ1) is 12.0.